The molecule has 0 aliphatic carbocycles. The molecule has 1 aromatic carbocycles. The Morgan fingerprint density at radius 3 is 2.73 bits per heavy atom. The Kier molecular flexibility index (Phi) is 5.78. The molecule has 30 heavy (non-hydrogen) atoms. The molecule has 3 heterocycles. The van der Waals surface area contributed by atoms with E-state index in [-0.39, 0.29) is 24.0 Å². The van der Waals surface area contributed by atoms with Gasteiger partial charge in [-0.05, 0) is 73.9 Å². The Hall–Kier alpha value is -3.23. The van der Waals surface area contributed by atoms with Gasteiger partial charge in [-0.15, -0.1) is 14.8 Å². The van der Waals surface area contributed by atoms with Gasteiger partial charge >= 0.3 is 0 Å². The molecule has 1 saturated heterocycles. The van der Waals surface area contributed by atoms with E-state index >= 15 is 0 Å². The lowest BCUT2D eigenvalue weighted by Crippen LogP contribution is -2.41. The third-order valence-corrected chi connectivity index (χ3v) is 5.33. The number of nitrogens with one attached hydrogen (secondary N) is 1. The highest BCUT2D eigenvalue weighted by atomic mass is 16.5. The van der Waals surface area contributed by atoms with E-state index in [2.05, 4.69) is 30.8 Å². The molecule has 1 aliphatic rings. The SMILES string of the molecule is CC(C)Oc1cccc([C@H](C)NC(=O)C2CCN(c3ccc4nnnn4n3)CC2)c1. The second-order valence-electron chi connectivity index (χ2n) is 7.95. The van der Waals surface area contributed by atoms with E-state index in [4.69, 9.17) is 4.74 Å². The molecule has 2 aromatic heterocycles. The zero-order valence-corrected chi connectivity index (χ0v) is 17.5. The van der Waals surface area contributed by atoms with Gasteiger partial charge in [-0.2, -0.15) is 0 Å². The number of amides is 1. The van der Waals surface area contributed by atoms with Gasteiger partial charge in [0.1, 0.15) is 5.75 Å². The molecule has 158 valence electrons. The van der Waals surface area contributed by atoms with Crippen LogP contribution >= 0.6 is 0 Å². The summed E-state index contributed by atoms with van der Waals surface area (Å²) in [6.45, 7) is 7.55. The van der Waals surface area contributed by atoms with Crippen molar-refractivity contribution in [3.63, 3.8) is 0 Å². The summed E-state index contributed by atoms with van der Waals surface area (Å²) in [5, 5.41) is 18.9. The fourth-order valence-electron chi connectivity index (χ4n) is 3.72. The summed E-state index contributed by atoms with van der Waals surface area (Å²) in [6.07, 6.45) is 1.68. The van der Waals surface area contributed by atoms with E-state index in [0.29, 0.717) is 5.65 Å². The number of rotatable bonds is 6. The van der Waals surface area contributed by atoms with Gasteiger partial charge in [0.15, 0.2) is 11.5 Å². The van der Waals surface area contributed by atoms with Crippen LogP contribution in [0, 0.1) is 5.92 Å². The maximum Gasteiger partial charge on any atom is 0.223 e. The lowest BCUT2D eigenvalue weighted by atomic mass is 9.95. The molecule has 1 atom stereocenters. The average Bonchev–Trinajstić information content (AvgIpc) is 3.21. The summed E-state index contributed by atoms with van der Waals surface area (Å²) in [5.41, 5.74) is 1.66. The maximum atomic E-state index is 12.8. The van der Waals surface area contributed by atoms with Crippen molar-refractivity contribution in [2.45, 2.75) is 45.8 Å². The molecule has 1 fully saturated rings. The number of carbonyl (C=O) groups is 1. The molecule has 1 N–H and O–H groups in total. The zero-order chi connectivity index (χ0) is 21.1. The molecule has 4 rings (SSSR count). The number of hydrogen-bond acceptors (Lipinski definition) is 7. The normalized spacial score (nSPS) is 16.1. The molecule has 1 aliphatic heterocycles. The Labute approximate surface area is 175 Å². The smallest absolute Gasteiger partial charge is 0.223 e. The number of nitrogens with zero attached hydrogens (tertiary/aromatic N) is 6. The van der Waals surface area contributed by atoms with Crippen LogP contribution in [0.2, 0.25) is 0 Å². The van der Waals surface area contributed by atoms with Crippen molar-refractivity contribution in [2.24, 2.45) is 5.92 Å². The van der Waals surface area contributed by atoms with Crippen LogP contribution in [-0.4, -0.2) is 50.4 Å². The predicted octanol–water partition coefficient (Wildman–Crippen LogP) is 2.40. The number of carbonyl (C=O) groups excluding carboxylic acids is 1. The van der Waals surface area contributed by atoms with Gasteiger partial charge in [0.2, 0.25) is 5.91 Å². The van der Waals surface area contributed by atoms with Crippen molar-refractivity contribution < 1.29 is 9.53 Å². The molecule has 0 unspecified atom stereocenters. The van der Waals surface area contributed by atoms with Crippen LogP contribution in [0.1, 0.15) is 45.2 Å². The zero-order valence-electron chi connectivity index (χ0n) is 17.5. The first-order chi connectivity index (χ1) is 14.5. The minimum absolute atomic E-state index is 0.00411. The van der Waals surface area contributed by atoms with Crippen LogP contribution in [-0.2, 0) is 4.79 Å². The van der Waals surface area contributed by atoms with Crippen LogP contribution in [0.15, 0.2) is 36.4 Å². The topological polar surface area (TPSA) is 97.5 Å². The quantitative estimate of drug-likeness (QED) is 0.668. The van der Waals surface area contributed by atoms with Crippen LogP contribution in [0.25, 0.3) is 5.65 Å². The lowest BCUT2D eigenvalue weighted by molar-refractivity contribution is -0.126. The Morgan fingerprint density at radius 2 is 1.97 bits per heavy atom. The Balaban J connectivity index is 1.32. The number of hydrogen-bond donors (Lipinski definition) is 1. The second-order valence-corrected chi connectivity index (χ2v) is 7.95. The number of benzene rings is 1. The van der Waals surface area contributed by atoms with Crippen molar-refractivity contribution in [2.75, 3.05) is 18.0 Å². The molecule has 9 heteroatoms. The first kappa shape index (κ1) is 20.1. The van der Waals surface area contributed by atoms with Gasteiger partial charge in [-0.3, -0.25) is 4.79 Å². The van der Waals surface area contributed by atoms with E-state index in [9.17, 15) is 4.79 Å². The van der Waals surface area contributed by atoms with Gasteiger partial charge in [-0.1, -0.05) is 12.1 Å². The van der Waals surface area contributed by atoms with Crippen LogP contribution in [0.4, 0.5) is 5.82 Å². The first-order valence-corrected chi connectivity index (χ1v) is 10.4. The molecule has 3 aromatic rings. The highest BCUT2D eigenvalue weighted by Crippen LogP contribution is 2.24. The highest BCUT2D eigenvalue weighted by molar-refractivity contribution is 5.79. The van der Waals surface area contributed by atoms with Crippen molar-refractivity contribution in [1.29, 1.82) is 0 Å². The van der Waals surface area contributed by atoms with E-state index in [1.165, 1.54) is 4.63 Å². The van der Waals surface area contributed by atoms with Crippen molar-refractivity contribution in [3.8, 4) is 5.75 Å². The largest absolute Gasteiger partial charge is 0.491 e. The Bertz CT molecular complexity index is 1010. The Morgan fingerprint density at radius 1 is 1.17 bits per heavy atom. The molecule has 0 radical (unpaired) electrons. The number of anilines is 1. The molecular weight excluding hydrogens is 382 g/mol. The van der Waals surface area contributed by atoms with Gasteiger partial charge in [0.05, 0.1) is 12.1 Å². The number of ether oxygens (including phenoxy) is 1. The summed E-state index contributed by atoms with van der Waals surface area (Å²) in [6, 6.07) is 11.6. The van der Waals surface area contributed by atoms with Crippen molar-refractivity contribution >= 4 is 17.4 Å². The van der Waals surface area contributed by atoms with Gasteiger partial charge in [-0.25, -0.2) is 0 Å². The average molecular weight is 409 g/mol. The van der Waals surface area contributed by atoms with Crippen LogP contribution in [0.3, 0.4) is 0 Å². The molecule has 0 saturated carbocycles. The number of fused-ring (bicyclic) bond motifs is 1. The van der Waals surface area contributed by atoms with Crippen molar-refractivity contribution in [1.82, 2.24) is 30.6 Å². The van der Waals surface area contributed by atoms with Gasteiger partial charge < -0.3 is 15.0 Å². The highest BCUT2D eigenvalue weighted by Gasteiger charge is 2.27. The number of aromatic nitrogens is 5. The minimum atomic E-state index is -0.0740. The third kappa shape index (κ3) is 4.50. The van der Waals surface area contributed by atoms with E-state index < -0.39 is 0 Å². The monoisotopic (exact) mass is 409 g/mol. The minimum Gasteiger partial charge on any atom is -0.491 e. The van der Waals surface area contributed by atoms with E-state index in [1.807, 2.05) is 57.2 Å². The second kappa shape index (κ2) is 8.64. The predicted molar refractivity (Wildman–Crippen MR) is 112 cm³/mol. The van der Waals surface area contributed by atoms with Crippen LogP contribution in [0.5, 0.6) is 5.75 Å². The summed E-state index contributed by atoms with van der Waals surface area (Å²) in [7, 11) is 0. The van der Waals surface area contributed by atoms with Crippen LogP contribution < -0.4 is 15.0 Å². The van der Waals surface area contributed by atoms with E-state index in [0.717, 1.165) is 43.1 Å². The molecule has 0 bridgehead atoms. The standard InChI is InChI=1S/C21H27N7O2/c1-14(2)30-18-6-4-5-17(13-18)15(3)22-21(29)16-9-11-27(12-10-16)20-8-7-19-23-25-26-28(19)24-20/h4-8,13-16H,9-12H2,1-3H3,(H,22,29)/t15-/m0/s1. The molecule has 0 spiro atoms. The summed E-state index contributed by atoms with van der Waals surface area (Å²) < 4.78 is 7.19. The first-order valence-electron chi connectivity index (χ1n) is 10.4. The summed E-state index contributed by atoms with van der Waals surface area (Å²) in [5.74, 6) is 1.74. The van der Waals surface area contributed by atoms with Gasteiger partial charge in [0.25, 0.3) is 0 Å². The number of tetrazole rings is 1. The summed E-state index contributed by atoms with van der Waals surface area (Å²) in [4.78, 5) is 15.0. The maximum absolute atomic E-state index is 12.8. The van der Waals surface area contributed by atoms with E-state index in [1.54, 1.807) is 0 Å². The molecule has 9 nitrogen and oxygen atoms in total. The fraction of sp³-hybridized carbons (Fsp3) is 0.476. The van der Waals surface area contributed by atoms with Gasteiger partial charge in [0, 0.05) is 19.0 Å². The van der Waals surface area contributed by atoms with Crippen molar-refractivity contribution in [3.05, 3.63) is 42.0 Å². The number of piperidine rings is 1. The molecular formula is C21H27N7O2. The fourth-order valence-corrected chi connectivity index (χ4v) is 3.72. The lowest BCUT2D eigenvalue weighted by Gasteiger charge is -2.32. The summed E-state index contributed by atoms with van der Waals surface area (Å²) >= 11 is 0. The third-order valence-electron chi connectivity index (χ3n) is 5.33. The molecule has 1 amide bonds.